The second-order valence-corrected chi connectivity index (χ2v) is 7.98. The number of carbonyl (C=O) groups excluding carboxylic acids is 1. The lowest BCUT2D eigenvalue weighted by atomic mass is 10.0. The number of benzene rings is 1. The predicted octanol–water partition coefficient (Wildman–Crippen LogP) is 4.12. The molecule has 1 aromatic heterocycles. The zero-order valence-corrected chi connectivity index (χ0v) is 16.4. The van der Waals surface area contributed by atoms with Gasteiger partial charge >= 0.3 is 0 Å². The second-order valence-electron chi connectivity index (χ2n) is 7.04. The summed E-state index contributed by atoms with van der Waals surface area (Å²) in [5.74, 6) is 0.133. The van der Waals surface area contributed by atoms with Gasteiger partial charge in [0.1, 0.15) is 0 Å². The van der Waals surface area contributed by atoms with Crippen LogP contribution < -0.4 is 5.32 Å². The number of hydrogen-bond acceptors (Lipinski definition) is 4. The van der Waals surface area contributed by atoms with E-state index in [2.05, 4.69) is 45.5 Å². The van der Waals surface area contributed by atoms with Crippen molar-refractivity contribution in [3.05, 3.63) is 52.0 Å². The maximum absolute atomic E-state index is 12.4. The molecule has 1 fully saturated rings. The third-order valence-electron chi connectivity index (χ3n) is 5.18. The van der Waals surface area contributed by atoms with Gasteiger partial charge in [0.2, 0.25) is 5.91 Å². The van der Waals surface area contributed by atoms with E-state index in [1.54, 1.807) is 11.3 Å². The van der Waals surface area contributed by atoms with Gasteiger partial charge in [-0.05, 0) is 44.8 Å². The average molecular weight is 372 g/mol. The summed E-state index contributed by atoms with van der Waals surface area (Å²) in [7, 11) is 0. The zero-order chi connectivity index (χ0) is 18.2. The monoisotopic (exact) mass is 371 g/mol. The van der Waals surface area contributed by atoms with Crippen LogP contribution in [0.1, 0.15) is 54.3 Å². The minimum atomic E-state index is 0.133. The van der Waals surface area contributed by atoms with E-state index in [1.165, 1.54) is 36.1 Å². The van der Waals surface area contributed by atoms with Gasteiger partial charge in [0.15, 0.2) is 0 Å². The van der Waals surface area contributed by atoms with Crippen molar-refractivity contribution in [1.82, 2.24) is 15.2 Å². The molecule has 0 bridgehead atoms. The van der Waals surface area contributed by atoms with Crippen LogP contribution in [0.15, 0.2) is 35.8 Å². The molecule has 0 saturated carbocycles. The first kappa shape index (κ1) is 19.1. The summed E-state index contributed by atoms with van der Waals surface area (Å²) in [6.45, 7) is 4.93. The van der Waals surface area contributed by atoms with Gasteiger partial charge in [-0.15, -0.1) is 11.3 Å². The zero-order valence-electron chi connectivity index (χ0n) is 15.6. The third-order valence-corrected chi connectivity index (χ3v) is 6.18. The lowest BCUT2D eigenvalue weighted by Crippen LogP contribution is -2.38. The molecule has 2 aromatic rings. The number of aromatic nitrogens is 1. The molecule has 1 aliphatic heterocycles. The highest BCUT2D eigenvalue weighted by molar-refractivity contribution is 7.09. The Hall–Kier alpha value is -1.72. The number of nitrogens with zero attached hydrogens (tertiary/aromatic N) is 2. The molecule has 0 unspecified atom stereocenters. The molecule has 0 spiro atoms. The van der Waals surface area contributed by atoms with E-state index in [0.29, 0.717) is 13.0 Å². The second kappa shape index (κ2) is 9.83. The Kier molecular flexibility index (Phi) is 7.21. The van der Waals surface area contributed by atoms with Crippen LogP contribution in [0.3, 0.4) is 0 Å². The fourth-order valence-electron chi connectivity index (χ4n) is 3.63. The van der Waals surface area contributed by atoms with Crippen molar-refractivity contribution in [2.24, 2.45) is 0 Å². The van der Waals surface area contributed by atoms with Crippen molar-refractivity contribution in [3.63, 3.8) is 0 Å². The molecule has 5 heteroatoms. The Labute approximate surface area is 160 Å². The molecular formula is C21H29N3OS. The van der Waals surface area contributed by atoms with Gasteiger partial charge in [-0.2, -0.15) is 0 Å². The van der Waals surface area contributed by atoms with E-state index in [9.17, 15) is 4.79 Å². The minimum Gasteiger partial charge on any atom is -0.354 e. The third kappa shape index (κ3) is 5.39. The number of thiazole rings is 1. The first-order chi connectivity index (χ1) is 12.7. The number of aryl methyl sites for hydroxylation is 2. The smallest absolute Gasteiger partial charge is 0.220 e. The minimum absolute atomic E-state index is 0.133. The van der Waals surface area contributed by atoms with E-state index >= 15 is 0 Å². The normalized spacial score (nSPS) is 16.8. The van der Waals surface area contributed by atoms with E-state index in [-0.39, 0.29) is 11.9 Å². The summed E-state index contributed by atoms with van der Waals surface area (Å²) in [6.07, 6.45) is 6.45. The highest BCUT2D eigenvalue weighted by Crippen LogP contribution is 2.24. The van der Waals surface area contributed by atoms with Crippen LogP contribution in [0.4, 0.5) is 0 Å². The van der Waals surface area contributed by atoms with Gasteiger partial charge in [-0.25, -0.2) is 4.98 Å². The van der Waals surface area contributed by atoms with Gasteiger partial charge in [0, 0.05) is 17.8 Å². The van der Waals surface area contributed by atoms with Crippen molar-refractivity contribution in [3.8, 4) is 0 Å². The summed E-state index contributed by atoms with van der Waals surface area (Å²) in [5, 5.41) is 3.18. The van der Waals surface area contributed by atoms with Crippen LogP contribution in [-0.4, -0.2) is 35.4 Å². The van der Waals surface area contributed by atoms with Crippen LogP contribution >= 0.6 is 11.3 Å². The van der Waals surface area contributed by atoms with Crippen molar-refractivity contribution >= 4 is 17.2 Å². The summed E-state index contributed by atoms with van der Waals surface area (Å²) in [5.41, 5.74) is 4.20. The molecule has 1 saturated heterocycles. The van der Waals surface area contributed by atoms with Gasteiger partial charge in [-0.3, -0.25) is 9.69 Å². The van der Waals surface area contributed by atoms with Gasteiger partial charge < -0.3 is 5.32 Å². The molecule has 1 amide bonds. The molecule has 4 nitrogen and oxygen atoms in total. The average Bonchev–Trinajstić information content (AvgIpc) is 2.90. The molecule has 0 aliphatic carbocycles. The predicted molar refractivity (Wildman–Crippen MR) is 107 cm³/mol. The SMILES string of the molecule is Cc1ncsc1CCC(=O)NC[C@@H](c1ccccc1)N1CCCCCC1. The fourth-order valence-corrected chi connectivity index (χ4v) is 4.41. The summed E-state index contributed by atoms with van der Waals surface area (Å²) < 4.78 is 0. The van der Waals surface area contributed by atoms with E-state index in [0.717, 1.165) is 25.2 Å². The van der Waals surface area contributed by atoms with E-state index in [1.807, 2.05) is 12.4 Å². The molecule has 1 aliphatic rings. The Balaban J connectivity index is 1.58. The molecule has 1 atom stereocenters. The Morgan fingerprint density at radius 1 is 1.19 bits per heavy atom. The summed E-state index contributed by atoms with van der Waals surface area (Å²) >= 11 is 1.64. The first-order valence-corrected chi connectivity index (χ1v) is 10.6. The maximum Gasteiger partial charge on any atom is 0.220 e. The molecule has 26 heavy (non-hydrogen) atoms. The van der Waals surface area contributed by atoms with Crippen molar-refractivity contribution in [2.75, 3.05) is 19.6 Å². The molecule has 1 N–H and O–H groups in total. The van der Waals surface area contributed by atoms with Gasteiger partial charge in [0.25, 0.3) is 0 Å². The number of nitrogens with one attached hydrogen (secondary N) is 1. The van der Waals surface area contributed by atoms with Gasteiger partial charge in [0.05, 0.1) is 17.2 Å². The van der Waals surface area contributed by atoms with E-state index in [4.69, 9.17) is 0 Å². The van der Waals surface area contributed by atoms with Crippen LogP contribution in [-0.2, 0) is 11.2 Å². The highest BCUT2D eigenvalue weighted by Gasteiger charge is 2.22. The van der Waals surface area contributed by atoms with Crippen LogP contribution in [0, 0.1) is 6.92 Å². The largest absolute Gasteiger partial charge is 0.354 e. The number of carbonyl (C=O) groups is 1. The lowest BCUT2D eigenvalue weighted by molar-refractivity contribution is -0.121. The lowest BCUT2D eigenvalue weighted by Gasteiger charge is -2.31. The highest BCUT2D eigenvalue weighted by atomic mass is 32.1. The quantitative estimate of drug-likeness (QED) is 0.796. The van der Waals surface area contributed by atoms with E-state index < -0.39 is 0 Å². The van der Waals surface area contributed by atoms with Crippen LogP contribution in [0.5, 0.6) is 0 Å². The van der Waals surface area contributed by atoms with Crippen molar-refractivity contribution in [1.29, 1.82) is 0 Å². The number of amides is 1. The molecule has 3 rings (SSSR count). The number of rotatable bonds is 7. The van der Waals surface area contributed by atoms with Crippen molar-refractivity contribution < 1.29 is 4.79 Å². The first-order valence-electron chi connectivity index (χ1n) is 9.68. The number of hydrogen-bond donors (Lipinski definition) is 1. The fraction of sp³-hybridized carbons (Fsp3) is 0.524. The topological polar surface area (TPSA) is 45.2 Å². The number of likely N-dealkylation sites (tertiary alicyclic amines) is 1. The summed E-state index contributed by atoms with van der Waals surface area (Å²) in [4.78, 5) is 20.4. The Morgan fingerprint density at radius 2 is 1.92 bits per heavy atom. The summed E-state index contributed by atoms with van der Waals surface area (Å²) in [6, 6.07) is 10.9. The van der Waals surface area contributed by atoms with Gasteiger partial charge in [-0.1, -0.05) is 43.2 Å². The molecule has 0 radical (unpaired) electrons. The van der Waals surface area contributed by atoms with Crippen LogP contribution in [0.25, 0.3) is 0 Å². The molecule has 140 valence electrons. The molecule has 2 heterocycles. The maximum atomic E-state index is 12.4. The van der Waals surface area contributed by atoms with Crippen LogP contribution in [0.2, 0.25) is 0 Å². The molecular weight excluding hydrogens is 342 g/mol. The Morgan fingerprint density at radius 3 is 2.58 bits per heavy atom. The standard InChI is InChI=1S/C21H29N3OS/c1-17-20(26-16-23-17)11-12-21(25)22-15-19(18-9-5-4-6-10-18)24-13-7-2-3-8-14-24/h4-6,9-10,16,19H,2-3,7-8,11-15H2,1H3,(H,22,25)/t19-/m0/s1. The molecule has 1 aromatic carbocycles. The van der Waals surface area contributed by atoms with Crippen molar-refractivity contribution in [2.45, 2.75) is 51.5 Å². The Bertz CT molecular complexity index is 678.